The summed E-state index contributed by atoms with van der Waals surface area (Å²) in [6, 6.07) is 0. The van der Waals surface area contributed by atoms with Gasteiger partial charge in [-0.05, 0) is 45.1 Å². The number of thiophene rings is 1. The lowest BCUT2D eigenvalue weighted by molar-refractivity contribution is -0.113. The first-order chi connectivity index (χ1) is 13.5. The minimum absolute atomic E-state index is 0.160. The third-order valence-corrected chi connectivity index (χ3v) is 7.04. The van der Waals surface area contributed by atoms with Crippen molar-refractivity contribution in [3.8, 4) is 0 Å². The summed E-state index contributed by atoms with van der Waals surface area (Å²) in [6.45, 7) is 4.67. The first-order valence-electron chi connectivity index (χ1n) is 9.60. The van der Waals surface area contributed by atoms with E-state index in [1.54, 1.807) is 0 Å². The van der Waals surface area contributed by atoms with E-state index in [4.69, 9.17) is 4.74 Å². The van der Waals surface area contributed by atoms with Crippen molar-refractivity contribution >= 4 is 40.0 Å². The van der Waals surface area contributed by atoms with Gasteiger partial charge in [-0.3, -0.25) is 4.79 Å². The number of carbonyl (C=O) groups is 2. The minimum atomic E-state index is -0.373. The lowest BCUT2D eigenvalue weighted by atomic mass is 9.96. The maximum atomic E-state index is 12.6. The van der Waals surface area contributed by atoms with E-state index in [1.807, 2.05) is 18.4 Å². The molecule has 1 aliphatic carbocycles. The summed E-state index contributed by atoms with van der Waals surface area (Å²) < 4.78 is 6.97. The smallest absolute Gasteiger partial charge is 0.341 e. The molecule has 1 N–H and O–H groups in total. The van der Waals surface area contributed by atoms with Gasteiger partial charge in [0.2, 0.25) is 5.91 Å². The number of carbonyl (C=O) groups excluding carboxylic acids is 2. The van der Waals surface area contributed by atoms with Crippen molar-refractivity contribution in [2.75, 3.05) is 18.2 Å². The number of rotatable bonds is 6. The van der Waals surface area contributed by atoms with Crippen molar-refractivity contribution in [1.29, 1.82) is 0 Å². The molecule has 1 amide bonds. The van der Waals surface area contributed by atoms with E-state index in [0.29, 0.717) is 10.6 Å². The Morgan fingerprint density at radius 2 is 1.96 bits per heavy atom. The molecular formula is C19H26N4O3S2. The first kappa shape index (κ1) is 20.9. The molecule has 7 nitrogen and oxygen atoms in total. The summed E-state index contributed by atoms with van der Waals surface area (Å²) >= 11 is 2.86. The number of amides is 1. The molecule has 9 heteroatoms. The van der Waals surface area contributed by atoms with Crippen molar-refractivity contribution < 1.29 is 14.3 Å². The van der Waals surface area contributed by atoms with Gasteiger partial charge in [0.1, 0.15) is 10.8 Å². The Bertz CT molecular complexity index is 860. The molecule has 1 aliphatic rings. The number of thioether (sulfide) groups is 1. The maximum Gasteiger partial charge on any atom is 0.341 e. The number of aryl methyl sites for hydroxylation is 2. The van der Waals surface area contributed by atoms with Gasteiger partial charge < -0.3 is 14.6 Å². The molecule has 2 aromatic rings. The quantitative estimate of drug-likeness (QED) is 0.562. The van der Waals surface area contributed by atoms with E-state index in [0.717, 1.165) is 48.8 Å². The van der Waals surface area contributed by atoms with Crippen LogP contribution in [-0.4, -0.2) is 39.5 Å². The van der Waals surface area contributed by atoms with Gasteiger partial charge in [0.25, 0.3) is 0 Å². The van der Waals surface area contributed by atoms with Gasteiger partial charge in [0.05, 0.1) is 18.4 Å². The van der Waals surface area contributed by atoms with Crippen molar-refractivity contribution in [1.82, 2.24) is 14.8 Å². The average Bonchev–Trinajstić information content (AvgIpc) is 3.18. The number of aromatic nitrogens is 3. The fourth-order valence-corrected chi connectivity index (χ4v) is 5.59. The van der Waals surface area contributed by atoms with E-state index in [9.17, 15) is 9.59 Å². The van der Waals surface area contributed by atoms with Crippen molar-refractivity contribution in [2.24, 2.45) is 0 Å². The van der Waals surface area contributed by atoms with Crippen LogP contribution in [0.4, 0.5) is 5.00 Å². The molecule has 3 rings (SSSR count). The zero-order valence-electron chi connectivity index (χ0n) is 16.5. The predicted octanol–water partition coefficient (Wildman–Crippen LogP) is 3.84. The van der Waals surface area contributed by atoms with Crippen LogP contribution in [0.1, 0.15) is 59.2 Å². The number of fused-ring (bicyclic) bond motifs is 1. The van der Waals surface area contributed by atoms with Gasteiger partial charge in [-0.25, -0.2) is 4.79 Å². The van der Waals surface area contributed by atoms with Gasteiger partial charge in [-0.1, -0.05) is 24.6 Å². The molecule has 2 aromatic heterocycles. The van der Waals surface area contributed by atoms with E-state index in [1.165, 1.54) is 47.9 Å². The highest BCUT2D eigenvalue weighted by Crippen LogP contribution is 2.37. The Kier molecular flexibility index (Phi) is 7.12. The van der Waals surface area contributed by atoms with Crippen molar-refractivity contribution in [3.05, 3.63) is 21.8 Å². The van der Waals surface area contributed by atoms with Crippen molar-refractivity contribution in [2.45, 2.75) is 64.1 Å². The molecule has 0 saturated heterocycles. The van der Waals surface area contributed by atoms with Crippen LogP contribution in [0.5, 0.6) is 0 Å². The molecule has 0 aromatic carbocycles. The number of nitrogens with one attached hydrogen (secondary N) is 1. The van der Waals surface area contributed by atoms with Crippen LogP contribution in [0, 0.1) is 6.92 Å². The minimum Gasteiger partial charge on any atom is -0.465 e. The van der Waals surface area contributed by atoms with E-state index in [2.05, 4.69) is 15.5 Å². The highest BCUT2D eigenvalue weighted by molar-refractivity contribution is 7.99. The number of nitrogens with zero attached hydrogens (tertiary/aromatic N) is 3. The fraction of sp³-hybridized carbons (Fsp3) is 0.579. The largest absolute Gasteiger partial charge is 0.465 e. The second kappa shape index (κ2) is 9.56. The van der Waals surface area contributed by atoms with E-state index in [-0.39, 0.29) is 17.6 Å². The third kappa shape index (κ3) is 4.57. The Hall–Kier alpha value is -1.87. The monoisotopic (exact) mass is 422 g/mol. The zero-order valence-corrected chi connectivity index (χ0v) is 18.2. The zero-order chi connectivity index (χ0) is 20.1. The second-order valence-corrected chi connectivity index (χ2v) is 8.77. The lowest BCUT2D eigenvalue weighted by Gasteiger charge is -2.11. The Morgan fingerprint density at radius 1 is 1.21 bits per heavy atom. The molecule has 28 heavy (non-hydrogen) atoms. The van der Waals surface area contributed by atoms with Crippen LogP contribution in [0.3, 0.4) is 0 Å². The Labute approximate surface area is 173 Å². The normalized spacial score (nSPS) is 14.1. The SMILES string of the molecule is CCn1c(C)nnc1SCC(=O)Nc1sc2c(c1C(=O)OC)CCCCCC2. The molecular weight excluding hydrogens is 396 g/mol. The summed E-state index contributed by atoms with van der Waals surface area (Å²) in [5.74, 6) is 0.507. The van der Waals surface area contributed by atoms with Gasteiger partial charge in [0, 0.05) is 11.4 Å². The van der Waals surface area contributed by atoms with Crippen LogP contribution < -0.4 is 5.32 Å². The number of hydrogen-bond donors (Lipinski definition) is 1. The summed E-state index contributed by atoms with van der Waals surface area (Å²) in [5.41, 5.74) is 1.59. The van der Waals surface area contributed by atoms with Gasteiger partial charge in [-0.2, -0.15) is 0 Å². The van der Waals surface area contributed by atoms with Gasteiger partial charge in [-0.15, -0.1) is 21.5 Å². The standard InChI is InChI=1S/C19H26N4O3S2/c1-4-23-12(2)21-22-19(23)27-11-15(24)20-17-16(18(25)26-3)13-9-7-5-6-8-10-14(13)28-17/h4-11H2,1-3H3,(H,20,24). The summed E-state index contributed by atoms with van der Waals surface area (Å²) in [6.07, 6.45) is 6.37. The topological polar surface area (TPSA) is 86.1 Å². The van der Waals surface area contributed by atoms with Crippen molar-refractivity contribution in [3.63, 3.8) is 0 Å². The second-order valence-electron chi connectivity index (χ2n) is 6.72. The fourth-order valence-electron chi connectivity index (χ4n) is 3.45. The summed E-state index contributed by atoms with van der Waals surface area (Å²) in [4.78, 5) is 26.2. The number of anilines is 1. The lowest BCUT2D eigenvalue weighted by Crippen LogP contribution is -2.17. The molecule has 0 saturated carbocycles. The molecule has 0 spiro atoms. The van der Waals surface area contributed by atoms with E-state index < -0.39 is 0 Å². The number of esters is 1. The number of methoxy groups -OCH3 is 1. The van der Waals surface area contributed by atoms with Crippen LogP contribution in [0.25, 0.3) is 0 Å². The number of ether oxygens (including phenoxy) is 1. The van der Waals surface area contributed by atoms with Crippen LogP contribution in [0.15, 0.2) is 5.16 Å². The summed E-state index contributed by atoms with van der Waals surface area (Å²) in [7, 11) is 1.39. The third-order valence-electron chi connectivity index (χ3n) is 4.86. The molecule has 0 bridgehead atoms. The highest BCUT2D eigenvalue weighted by atomic mass is 32.2. The maximum absolute atomic E-state index is 12.6. The van der Waals surface area contributed by atoms with Crippen LogP contribution >= 0.6 is 23.1 Å². The molecule has 0 radical (unpaired) electrons. The molecule has 0 fully saturated rings. The van der Waals surface area contributed by atoms with Crippen LogP contribution in [-0.2, 0) is 28.9 Å². The molecule has 0 aliphatic heterocycles. The Balaban J connectivity index is 1.76. The first-order valence-corrected chi connectivity index (χ1v) is 11.4. The van der Waals surface area contributed by atoms with Crippen LogP contribution in [0.2, 0.25) is 0 Å². The number of hydrogen-bond acceptors (Lipinski definition) is 7. The molecule has 0 atom stereocenters. The Morgan fingerprint density at radius 3 is 2.68 bits per heavy atom. The average molecular weight is 423 g/mol. The molecule has 2 heterocycles. The molecule has 152 valence electrons. The summed E-state index contributed by atoms with van der Waals surface area (Å²) in [5, 5.41) is 12.5. The van der Waals surface area contributed by atoms with Gasteiger partial charge in [0.15, 0.2) is 5.16 Å². The predicted molar refractivity (Wildman–Crippen MR) is 111 cm³/mol. The van der Waals surface area contributed by atoms with E-state index >= 15 is 0 Å². The van der Waals surface area contributed by atoms with Gasteiger partial charge >= 0.3 is 5.97 Å². The highest BCUT2D eigenvalue weighted by Gasteiger charge is 2.26. The molecule has 0 unspecified atom stereocenters.